The Morgan fingerprint density at radius 3 is 2.67 bits per heavy atom. The van der Waals surface area contributed by atoms with Crippen molar-refractivity contribution in [2.24, 2.45) is 0 Å². The lowest BCUT2D eigenvalue weighted by Crippen LogP contribution is -2.39. The van der Waals surface area contributed by atoms with Crippen LogP contribution in [0.4, 0.5) is 4.79 Å². The Morgan fingerprint density at radius 1 is 1.53 bits per heavy atom. The van der Waals surface area contributed by atoms with E-state index in [9.17, 15) is 9.59 Å². The zero-order chi connectivity index (χ0) is 11.5. The number of ketones is 1. The third-order valence-corrected chi connectivity index (χ3v) is 1.92. The van der Waals surface area contributed by atoms with Crippen molar-refractivity contribution in [2.75, 3.05) is 0 Å². The van der Waals surface area contributed by atoms with Crippen molar-refractivity contribution >= 4 is 11.9 Å². The van der Waals surface area contributed by atoms with Crippen LogP contribution in [0.1, 0.15) is 33.6 Å². The summed E-state index contributed by atoms with van der Waals surface area (Å²) in [5.74, 6) is 0.109. The third-order valence-electron chi connectivity index (χ3n) is 1.92. The summed E-state index contributed by atoms with van der Waals surface area (Å²) in [6.45, 7) is 5.44. The number of alkyl carbamates (subject to hydrolysis) is 1. The first-order valence-corrected chi connectivity index (χ1v) is 5.07. The van der Waals surface area contributed by atoms with Crippen LogP contribution in [0.25, 0.3) is 0 Å². The smallest absolute Gasteiger partial charge is 0.408 e. The van der Waals surface area contributed by atoms with Crippen LogP contribution < -0.4 is 5.32 Å². The highest BCUT2D eigenvalue weighted by Crippen LogP contribution is 2.10. The average molecular weight is 211 g/mol. The summed E-state index contributed by atoms with van der Waals surface area (Å²) in [6.07, 6.45) is 3.90. The van der Waals surface area contributed by atoms with Gasteiger partial charge in [-0.3, -0.25) is 4.79 Å². The van der Waals surface area contributed by atoms with E-state index >= 15 is 0 Å². The lowest BCUT2D eigenvalue weighted by atomic mass is 10.0. The summed E-state index contributed by atoms with van der Waals surface area (Å²) in [7, 11) is 0. The molecule has 1 atom stereocenters. The van der Waals surface area contributed by atoms with E-state index in [1.165, 1.54) is 6.08 Å². The van der Waals surface area contributed by atoms with Gasteiger partial charge in [0, 0.05) is 6.42 Å². The summed E-state index contributed by atoms with van der Waals surface area (Å²) in [6, 6.07) is -0.0856. The van der Waals surface area contributed by atoms with Crippen LogP contribution in [-0.2, 0) is 9.53 Å². The minimum Gasteiger partial charge on any atom is -0.444 e. The van der Waals surface area contributed by atoms with Gasteiger partial charge >= 0.3 is 6.09 Å². The number of carbonyl (C=O) groups excluding carboxylic acids is 2. The monoisotopic (exact) mass is 211 g/mol. The van der Waals surface area contributed by atoms with Crippen LogP contribution in [-0.4, -0.2) is 23.5 Å². The molecule has 4 heteroatoms. The van der Waals surface area contributed by atoms with Crippen molar-refractivity contribution in [3.8, 4) is 0 Å². The molecule has 0 fully saturated rings. The fourth-order valence-electron chi connectivity index (χ4n) is 1.28. The van der Waals surface area contributed by atoms with E-state index in [2.05, 4.69) is 5.32 Å². The highest BCUT2D eigenvalue weighted by molar-refractivity contribution is 5.90. The zero-order valence-electron chi connectivity index (χ0n) is 9.37. The fourth-order valence-corrected chi connectivity index (χ4v) is 1.28. The van der Waals surface area contributed by atoms with Gasteiger partial charge in [0.05, 0.1) is 6.04 Å². The van der Waals surface area contributed by atoms with Gasteiger partial charge < -0.3 is 10.1 Å². The summed E-state index contributed by atoms with van der Waals surface area (Å²) >= 11 is 0. The molecule has 1 aliphatic rings. The van der Waals surface area contributed by atoms with Crippen molar-refractivity contribution < 1.29 is 14.3 Å². The molecule has 15 heavy (non-hydrogen) atoms. The summed E-state index contributed by atoms with van der Waals surface area (Å²) in [5.41, 5.74) is -0.488. The fraction of sp³-hybridized carbons (Fsp3) is 0.636. The molecular weight excluding hydrogens is 194 g/mol. The van der Waals surface area contributed by atoms with Gasteiger partial charge in [-0.15, -0.1) is 0 Å². The molecule has 0 bridgehead atoms. The van der Waals surface area contributed by atoms with E-state index in [4.69, 9.17) is 4.74 Å². The maximum Gasteiger partial charge on any atom is 0.408 e. The molecule has 1 N–H and O–H groups in total. The van der Waals surface area contributed by atoms with Gasteiger partial charge in [-0.05, 0) is 33.3 Å². The van der Waals surface area contributed by atoms with Crippen molar-refractivity contribution in [3.63, 3.8) is 0 Å². The Bertz CT molecular complexity index is 289. The molecular formula is C11H17NO3. The Balaban J connectivity index is 2.39. The van der Waals surface area contributed by atoms with Crippen LogP contribution in [0.2, 0.25) is 0 Å². The summed E-state index contributed by atoms with van der Waals surface area (Å²) in [4.78, 5) is 22.2. The van der Waals surface area contributed by atoms with Crippen molar-refractivity contribution in [3.05, 3.63) is 12.2 Å². The molecule has 1 rings (SSSR count). The van der Waals surface area contributed by atoms with Crippen LogP contribution in [0.15, 0.2) is 12.2 Å². The number of ether oxygens (including phenoxy) is 1. The molecule has 0 heterocycles. The largest absolute Gasteiger partial charge is 0.444 e. The molecule has 1 aliphatic carbocycles. The van der Waals surface area contributed by atoms with Crippen molar-refractivity contribution in [1.29, 1.82) is 0 Å². The molecule has 1 amide bonds. The Labute approximate surface area is 89.7 Å². The predicted molar refractivity (Wildman–Crippen MR) is 56.5 cm³/mol. The lowest BCUT2D eigenvalue weighted by Gasteiger charge is -2.23. The average Bonchev–Trinajstić information content (AvgIpc) is 2.05. The number of allylic oxidation sites excluding steroid dienone is 1. The highest BCUT2D eigenvalue weighted by Gasteiger charge is 2.20. The predicted octanol–water partition coefficient (Wildman–Crippen LogP) is 1.80. The second kappa shape index (κ2) is 4.47. The Kier molecular flexibility index (Phi) is 3.50. The number of nitrogens with one attached hydrogen (secondary N) is 1. The van der Waals surface area contributed by atoms with Gasteiger partial charge in [-0.1, -0.05) is 6.08 Å². The van der Waals surface area contributed by atoms with Crippen LogP contribution in [0.5, 0.6) is 0 Å². The first kappa shape index (κ1) is 11.8. The number of rotatable bonds is 1. The Morgan fingerprint density at radius 2 is 2.20 bits per heavy atom. The van der Waals surface area contributed by atoms with Gasteiger partial charge in [0.15, 0.2) is 5.78 Å². The molecule has 0 aromatic heterocycles. The minimum absolute atomic E-state index is 0.0856. The molecule has 0 aromatic carbocycles. The standard InChI is InChI=1S/C11H17NO3/c1-11(2,3)15-10(14)12-8-4-6-9(13)7-5-8/h4,6,8H,5,7H2,1-3H3,(H,12,14)/t8-/m0/s1. The maximum atomic E-state index is 11.4. The zero-order valence-corrected chi connectivity index (χ0v) is 9.37. The van der Waals surface area contributed by atoms with E-state index in [1.54, 1.807) is 6.08 Å². The summed E-state index contributed by atoms with van der Waals surface area (Å²) < 4.78 is 5.10. The van der Waals surface area contributed by atoms with Gasteiger partial charge in [0.25, 0.3) is 0 Å². The SMILES string of the molecule is CC(C)(C)OC(=O)N[C@H]1C=CC(=O)CC1. The first-order valence-electron chi connectivity index (χ1n) is 5.07. The van der Waals surface area contributed by atoms with Gasteiger partial charge in [-0.25, -0.2) is 4.79 Å². The topological polar surface area (TPSA) is 55.4 Å². The molecule has 4 nitrogen and oxygen atoms in total. The normalized spacial score (nSPS) is 21.3. The Hall–Kier alpha value is -1.32. The number of carbonyl (C=O) groups is 2. The molecule has 0 aromatic rings. The number of hydrogen-bond acceptors (Lipinski definition) is 3. The van der Waals surface area contributed by atoms with Crippen LogP contribution >= 0.6 is 0 Å². The summed E-state index contributed by atoms with van der Waals surface area (Å²) in [5, 5.41) is 2.70. The van der Waals surface area contributed by atoms with E-state index in [0.717, 1.165) is 0 Å². The quantitative estimate of drug-likeness (QED) is 0.719. The maximum absolute atomic E-state index is 11.4. The number of hydrogen-bond donors (Lipinski definition) is 1. The van der Waals surface area contributed by atoms with Crippen LogP contribution in [0, 0.1) is 0 Å². The molecule has 0 saturated heterocycles. The van der Waals surface area contributed by atoms with Crippen LogP contribution in [0.3, 0.4) is 0 Å². The van der Waals surface area contributed by atoms with E-state index < -0.39 is 11.7 Å². The van der Waals surface area contributed by atoms with E-state index in [-0.39, 0.29) is 11.8 Å². The molecule has 0 unspecified atom stereocenters. The van der Waals surface area contributed by atoms with E-state index in [1.807, 2.05) is 20.8 Å². The van der Waals surface area contributed by atoms with Gasteiger partial charge in [-0.2, -0.15) is 0 Å². The second-order valence-electron chi connectivity index (χ2n) is 4.62. The lowest BCUT2D eigenvalue weighted by molar-refractivity contribution is -0.115. The molecule has 0 radical (unpaired) electrons. The first-order chi connectivity index (χ1) is 6.87. The van der Waals surface area contributed by atoms with Gasteiger partial charge in [0.1, 0.15) is 5.60 Å². The molecule has 0 spiro atoms. The molecule has 84 valence electrons. The van der Waals surface area contributed by atoms with Crippen molar-refractivity contribution in [2.45, 2.75) is 45.3 Å². The third kappa shape index (κ3) is 4.63. The highest BCUT2D eigenvalue weighted by atomic mass is 16.6. The number of amides is 1. The minimum atomic E-state index is -0.488. The molecule has 0 saturated carbocycles. The van der Waals surface area contributed by atoms with Gasteiger partial charge in [0.2, 0.25) is 0 Å². The second-order valence-corrected chi connectivity index (χ2v) is 4.62. The van der Waals surface area contributed by atoms with Crippen molar-refractivity contribution in [1.82, 2.24) is 5.32 Å². The molecule has 0 aliphatic heterocycles. The van der Waals surface area contributed by atoms with E-state index in [0.29, 0.717) is 12.8 Å².